The summed E-state index contributed by atoms with van der Waals surface area (Å²) < 4.78 is 0. The Bertz CT molecular complexity index is 626. The lowest BCUT2D eigenvalue weighted by atomic mass is 10.1. The monoisotopic (exact) mass is 238 g/mol. The standard InChI is InChI=1S/C14H14N4/c1-3-11-5-2-6-17-14(11)12(4-1)7-15-8-13-9-16-10-18-13/h1-6,9-10,15H,7-8H2,(H,16,18). The topological polar surface area (TPSA) is 53.6 Å². The van der Waals surface area contributed by atoms with Crippen LogP contribution in [0.15, 0.2) is 49.1 Å². The van der Waals surface area contributed by atoms with E-state index in [0.717, 1.165) is 24.3 Å². The fourth-order valence-electron chi connectivity index (χ4n) is 2.02. The summed E-state index contributed by atoms with van der Waals surface area (Å²) in [5.74, 6) is 0. The second kappa shape index (κ2) is 4.98. The zero-order valence-electron chi connectivity index (χ0n) is 9.93. The smallest absolute Gasteiger partial charge is 0.0922 e. The number of pyridine rings is 1. The average molecular weight is 238 g/mol. The highest BCUT2D eigenvalue weighted by molar-refractivity contribution is 5.81. The first kappa shape index (κ1) is 10.9. The highest BCUT2D eigenvalue weighted by Crippen LogP contribution is 2.15. The van der Waals surface area contributed by atoms with E-state index in [2.05, 4.69) is 44.5 Å². The van der Waals surface area contributed by atoms with Gasteiger partial charge in [0, 0.05) is 36.6 Å². The van der Waals surface area contributed by atoms with Crippen molar-refractivity contribution in [2.75, 3.05) is 0 Å². The Labute approximate surface area is 105 Å². The predicted molar refractivity (Wildman–Crippen MR) is 70.9 cm³/mol. The van der Waals surface area contributed by atoms with Crippen LogP contribution in [0.4, 0.5) is 0 Å². The highest BCUT2D eigenvalue weighted by Gasteiger charge is 2.01. The van der Waals surface area contributed by atoms with E-state index in [1.807, 2.05) is 18.5 Å². The lowest BCUT2D eigenvalue weighted by Gasteiger charge is -2.06. The molecule has 0 spiro atoms. The van der Waals surface area contributed by atoms with Crippen molar-refractivity contribution in [2.24, 2.45) is 0 Å². The fourth-order valence-corrected chi connectivity index (χ4v) is 2.02. The summed E-state index contributed by atoms with van der Waals surface area (Å²) >= 11 is 0. The molecule has 0 amide bonds. The van der Waals surface area contributed by atoms with E-state index in [0.29, 0.717) is 0 Å². The first-order valence-corrected chi connectivity index (χ1v) is 5.94. The van der Waals surface area contributed by atoms with Gasteiger partial charge in [-0.1, -0.05) is 24.3 Å². The molecule has 0 bridgehead atoms. The van der Waals surface area contributed by atoms with Crippen LogP contribution < -0.4 is 5.32 Å². The molecule has 90 valence electrons. The van der Waals surface area contributed by atoms with Gasteiger partial charge in [0.2, 0.25) is 0 Å². The molecule has 0 fully saturated rings. The Hall–Kier alpha value is -2.20. The van der Waals surface area contributed by atoms with Gasteiger partial charge in [0.25, 0.3) is 0 Å². The van der Waals surface area contributed by atoms with E-state index >= 15 is 0 Å². The van der Waals surface area contributed by atoms with Gasteiger partial charge in [-0.3, -0.25) is 4.98 Å². The maximum atomic E-state index is 4.44. The summed E-state index contributed by atoms with van der Waals surface area (Å²) in [4.78, 5) is 11.5. The molecule has 3 rings (SSSR count). The minimum Gasteiger partial charge on any atom is -0.347 e. The van der Waals surface area contributed by atoms with Gasteiger partial charge in [-0.25, -0.2) is 4.98 Å². The number of hydrogen-bond donors (Lipinski definition) is 2. The number of rotatable bonds is 4. The Morgan fingerprint density at radius 2 is 2.06 bits per heavy atom. The van der Waals surface area contributed by atoms with Gasteiger partial charge < -0.3 is 10.3 Å². The molecule has 0 aliphatic heterocycles. The zero-order valence-corrected chi connectivity index (χ0v) is 9.93. The van der Waals surface area contributed by atoms with Crippen LogP contribution in [0.2, 0.25) is 0 Å². The van der Waals surface area contributed by atoms with E-state index < -0.39 is 0 Å². The molecule has 2 aromatic heterocycles. The number of nitrogens with zero attached hydrogens (tertiary/aromatic N) is 2. The molecular formula is C14H14N4. The number of imidazole rings is 1. The number of hydrogen-bond acceptors (Lipinski definition) is 3. The van der Waals surface area contributed by atoms with Crippen LogP contribution in [-0.4, -0.2) is 15.0 Å². The molecule has 0 atom stereocenters. The molecule has 0 unspecified atom stereocenters. The number of benzene rings is 1. The molecule has 2 N–H and O–H groups in total. The number of nitrogens with one attached hydrogen (secondary N) is 2. The zero-order chi connectivity index (χ0) is 12.2. The molecule has 0 saturated carbocycles. The van der Waals surface area contributed by atoms with Crippen molar-refractivity contribution in [3.63, 3.8) is 0 Å². The van der Waals surface area contributed by atoms with Gasteiger partial charge in [0.15, 0.2) is 0 Å². The van der Waals surface area contributed by atoms with Crippen molar-refractivity contribution >= 4 is 10.9 Å². The number of aromatic nitrogens is 3. The normalized spacial score (nSPS) is 10.9. The summed E-state index contributed by atoms with van der Waals surface area (Å²) in [5, 5.41) is 4.56. The number of H-pyrrole nitrogens is 1. The SMILES string of the molecule is c1cnc2c(CNCc3cnc[nH]3)cccc2c1. The molecule has 1 aromatic carbocycles. The molecule has 0 aliphatic rings. The first-order valence-electron chi connectivity index (χ1n) is 5.94. The molecule has 0 radical (unpaired) electrons. The summed E-state index contributed by atoms with van der Waals surface area (Å²) in [6.45, 7) is 1.58. The molecule has 4 nitrogen and oxygen atoms in total. The first-order chi connectivity index (χ1) is 8.93. The largest absolute Gasteiger partial charge is 0.347 e. The Kier molecular flexibility index (Phi) is 3.02. The summed E-state index contributed by atoms with van der Waals surface area (Å²) in [6.07, 6.45) is 5.35. The van der Waals surface area contributed by atoms with Crippen LogP contribution in [0.1, 0.15) is 11.3 Å². The van der Waals surface area contributed by atoms with Gasteiger partial charge in [-0.05, 0) is 11.6 Å². The molecule has 2 heterocycles. The van der Waals surface area contributed by atoms with Gasteiger partial charge in [0.05, 0.1) is 11.8 Å². The second-order valence-electron chi connectivity index (χ2n) is 4.17. The van der Waals surface area contributed by atoms with E-state index in [1.54, 1.807) is 6.33 Å². The van der Waals surface area contributed by atoms with Crippen molar-refractivity contribution in [1.82, 2.24) is 20.3 Å². The quantitative estimate of drug-likeness (QED) is 0.733. The van der Waals surface area contributed by atoms with E-state index in [4.69, 9.17) is 0 Å². The van der Waals surface area contributed by atoms with Crippen molar-refractivity contribution in [3.05, 3.63) is 60.3 Å². The van der Waals surface area contributed by atoms with Crippen molar-refractivity contribution < 1.29 is 0 Å². The summed E-state index contributed by atoms with van der Waals surface area (Å²) in [5.41, 5.74) is 3.37. The van der Waals surface area contributed by atoms with Gasteiger partial charge in [-0.15, -0.1) is 0 Å². The number of para-hydroxylation sites is 1. The third-order valence-electron chi connectivity index (χ3n) is 2.90. The molecule has 4 heteroatoms. The molecular weight excluding hydrogens is 224 g/mol. The van der Waals surface area contributed by atoms with Gasteiger partial charge in [-0.2, -0.15) is 0 Å². The molecule has 0 saturated heterocycles. The molecule has 0 aliphatic carbocycles. The van der Waals surface area contributed by atoms with Crippen LogP contribution >= 0.6 is 0 Å². The minimum absolute atomic E-state index is 0.781. The maximum absolute atomic E-state index is 4.44. The van der Waals surface area contributed by atoms with Gasteiger partial charge in [0.1, 0.15) is 0 Å². The number of fused-ring (bicyclic) bond motifs is 1. The maximum Gasteiger partial charge on any atom is 0.0922 e. The van der Waals surface area contributed by atoms with Crippen molar-refractivity contribution in [2.45, 2.75) is 13.1 Å². The van der Waals surface area contributed by atoms with Crippen molar-refractivity contribution in [3.8, 4) is 0 Å². The Balaban J connectivity index is 1.74. The lowest BCUT2D eigenvalue weighted by molar-refractivity contribution is 0.684. The van der Waals surface area contributed by atoms with E-state index in [9.17, 15) is 0 Å². The van der Waals surface area contributed by atoms with E-state index in [1.165, 1.54) is 10.9 Å². The van der Waals surface area contributed by atoms with Crippen LogP contribution in [0, 0.1) is 0 Å². The Morgan fingerprint density at radius 1 is 1.11 bits per heavy atom. The number of aromatic amines is 1. The van der Waals surface area contributed by atoms with Crippen LogP contribution in [-0.2, 0) is 13.1 Å². The van der Waals surface area contributed by atoms with Gasteiger partial charge >= 0.3 is 0 Å². The lowest BCUT2D eigenvalue weighted by Crippen LogP contribution is -2.13. The third-order valence-corrected chi connectivity index (χ3v) is 2.90. The predicted octanol–water partition coefficient (Wildman–Crippen LogP) is 2.25. The Morgan fingerprint density at radius 3 is 2.94 bits per heavy atom. The molecule has 18 heavy (non-hydrogen) atoms. The average Bonchev–Trinajstić information content (AvgIpc) is 2.92. The van der Waals surface area contributed by atoms with Crippen LogP contribution in [0.5, 0.6) is 0 Å². The fraction of sp³-hybridized carbons (Fsp3) is 0.143. The second-order valence-corrected chi connectivity index (χ2v) is 4.17. The summed E-state index contributed by atoms with van der Waals surface area (Å²) in [7, 11) is 0. The third kappa shape index (κ3) is 2.24. The minimum atomic E-state index is 0.781. The van der Waals surface area contributed by atoms with Crippen LogP contribution in [0.25, 0.3) is 10.9 Å². The van der Waals surface area contributed by atoms with Crippen molar-refractivity contribution in [1.29, 1.82) is 0 Å². The highest BCUT2D eigenvalue weighted by atomic mass is 14.9. The summed E-state index contributed by atoms with van der Waals surface area (Å²) in [6, 6.07) is 10.3. The van der Waals surface area contributed by atoms with E-state index in [-0.39, 0.29) is 0 Å². The van der Waals surface area contributed by atoms with Crippen LogP contribution in [0.3, 0.4) is 0 Å². The molecule has 3 aromatic rings.